The molecule has 0 radical (unpaired) electrons. The van der Waals surface area contributed by atoms with Gasteiger partial charge in [0.15, 0.2) is 0 Å². The van der Waals surface area contributed by atoms with E-state index in [2.05, 4.69) is 26.5 Å². The van der Waals surface area contributed by atoms with Crippen LogP contribution in [-0.4, -0.2) is 18.0 Å². The van der Waals surface area contributed by atoms with Crippen molar-refractivity contribution in [1.29, 1.82) is 0 Å². The van der Waals surface area contributed by atoms with E-state index >= 15 is 0 Å². The van der Waals surface area contributed by atoms with Crippen molar-refractivity contribution in [3.05, 3.63) is 98.5 Å². The molecule has 0 saturated carbocycles. The third kappa shape index (κ3) is 6.22. The minimum Gasteiger partial charge on any atom is -0.339 e. The van der Waals surface area contributed by atoms with Crippen molar-refractivity contribution in [3.8, 4) is 0 Å². The third-order valence-corrected chi connectivity index (χ3v) is 5.73. The Hall–Kier alpha value is -2.75. The highest BCUT2D eigenvalue weighted by molar-refractivity contribution is 6.31. The molecule has 3 aromatic carbocycles. The fraction of sp³-hybridized carbons (Fsp3) is 0.130. The van der Waals surface area contributed by atoms with E-state index in [9.17, 15) is 13.6 Å². The minimum atomic E-state index is -0.742. The Morgan fingerprint density at radius 3 is 2.53 bits per heavy atom. The van der Waals surface area contributed by atoms with Crippen LogP contribution in [0.1, 0.15) is 28.4 Å². The maximum atomic E-state index is 13.8. The van der Waals surface area contributed by atoms with Crippen molar-refractivity contribution < 1.29 is 13.6 Å². The molecule has 34 heavy (non-hydrogen) atoms. The Morgan fingerprint density at radius 2 is 1.79 bits per heavy atom. The molecule has 1 saturated heterocycles. The third-order valence-electron chi connectivity index (χ3n) is 4.97. The highest BCUT2D eigenvalue weighted by atomic mass is 35.5. The first-order valence-corrected chi connectivity index (χ1v) is 11.2. The molecule has 3 aromatic rings. The van der Waals surface area contributed by atoms with E-state index in [0.29, 0.717) is 11.4 Å². The second-order valence-electron chi connectivity index (χ2n) is 7.51. The lowest BCUT2D eigenvalue weighted by Gasteiger charge is -2.17. The Morgan fingerprint density at radius 1 is 0.971 bits per heavy atom. The fourth-order valence-corrected chi connectivity index (χ4v) is 3.95. The summed E-state index contributed by atoms with van der Waals surface area (Å²) < 4.78 is 27.7. The quantitative estimate of drug-likeness (QED) is 0.261. The summed E-state index contributed by atoms with van der Waals surface area (Å²) in [6, 6.07) is 14.8. The number of rotatable bonds is 4. The fourth-order valence-electron chi connectivity index (χ4n) is 3.41. The molecule has 176 valence electrons. The molecule has 4 N–H and O–H groups in total. The van der Waals surface area contributed by atoms with E-state index in [0.717, 1.165) is 17.7 Å². The Bertz CT molecular complexity index is 1240. The summed E-state index contributed by atoms with van der Waals surface area (Å²) in [4.78, 5) is 16.8. The van der Waals surface area contributed by atoms with Crippen LogP contribution in [-0.2, 0) is 0 Å². The number of carbonyl (C=O) groups excluding carboxylic acids is 1. The number of hydrogen-bond acceptors (Lipinski definition) is 3. The van der Waals surface area contributed by atoms with Gasteiger partial charge in [0.2, 0.25) is 5.96 Å². The summed E-state index contributed by atoms with van der Waals surface area (Å²) in [5.74, 6) is -2.03. The topological polar surface area (TPSA) is 77.5 Å². The average molecular weight is 525 g/mol. The molecule has 1 amide bonds. The molecule has 2 atom stereocenters. The SMILES string of the molecule is O=C(/N=C(/Nc1cc(F)cc(Cl)c1)NC1CC(c2cccc(Cl)c2)NN1)c1ccc(Cl)c(F)c1. The maximum Gasteiger partial charge on any atom is 0.280 e. The molecular weight excluding hydrogens is 507 g/mol. The van der Waals surface area contributed by atoms with Crippen LogP contribution in [0.2, 0.25) is 15.1 Å². The first kappa shape index (κ1) is 24.4. The second kappa shape index (κ2) is 10.7. The number of guanidine groups is 1. The van der Waals surface area contributed by atoms with Gasteiger partial charge in [0.25, 0.3) is 5.91 Å². The predicted molar refractivity (Wildman–Crippen MR) is 130 cm³/mol. The maximum absolute atomic E-state index is 13.8. The van der Waals surface area contributed by atoms with E-state index in [1.807, 2.05) is 18.2 Å². The lowest BCUT2D eigenvalue weighted by Crippen LogP contribution is -2.47. The van der Waals surface area contributed by atoms with Crippen LogP contribution < -0.4 is 21.5 Å². The van der Waals surface area contributed by atoms with E-state index in [1.165, 1.54) is 24.3 Å². The summed E-state index contributed by atoms with van der Waals surface area (Å²) in [5.41, 5.74) is 7.47. The number of benzene rings is 3. The van der Waals surface area contributed by atoms with Gasteiger partial charge in [0.1, 0.15) is 11.6 Å². The zero-order valence-corrected chi connectivity index (χ0v) is 19.6. The Labute approximate surface area is 209 Å². The van der Waals surface area contributed by atoms with E-state index in [4.69, 9.17) is 34.8 Å². The van der Waals surface area contributed by atoms with Crippen LogP contribution in [0.4, 0.5) is 14.5 Å². The highest BCUT2D eigenvalue weighted by Crippen LogP contribution is 2.24. The molecule has 0 aliphatic carbocycles. The highest BCUT2D eigenvalue weighted by Gasteiger charge is 2.26. The number of aliphatic imine (C=N–C) groups is 1. The Kier molecular flexibility index (Phi) is 7.65. The van der Waals surface area contributed by atoms with Crippen LogP contribution in [0.5, 0.6) is 0 Å². The van der Waals surface area contributed by atoms with Gasteiger partial charge in [-0.3, -0.25) is 4.79 Å². The standard InChI is InChI=1S/C23H18Cl3F2N5O/c24-14-3-1-2-12(6-14)20-11-21(33-32-20)30-23(29-17-9-15(25)8-16(27)10-17)31-22(34)13-4-5-18(26)19(28)7-13/h1-10,20-21,32-33H,11H2,(H2,29,30,31,34). The van der Waals surface area contributed by atoms with Gasteiger partial charge in [-0.2, -0.15) is 4.99 Å². The van der Waals surface area contributed by atoms with E-state index in [-0.39, 0.29) is 39.5 Å². The number of anilines is 1. The zero-order valence-electron chi connectivity index (χ0n) is 17.4. The molecule has 6 nitrogen and oxygen atoms in total. The molecule has 4 rings (SSSR count). The van der Waals surface area contributed by atoms with Gasteiger partial charge in [0, 0.05) is 33.8 Å². The molecule has 0 bridgehead atoms. The van der Waals surface area contributed by atoms with Crippen molar-refractivity contribution in [2.24, 2.45) is 4.99 Å². The van der Waals surface area contributed by atoms with Crippen LogP contribution in [0.3, 0.4) is 0 Å². The van der Waals surface area contributed by atoms with Crippen LogP contribution >= 0.6 is 34.8 Å². The number of carbonyl (C=O) groups is 1. The van der Waals surface area contributed by atoms with Gasteiger partial charge in [-0.05, 0) is 54.1 Å². The minimum absolute atomic E-state index is 0.00501. The summed E-state index contributed by atoms with van der Waals surface area (Å²) in [7, 11) is 0. The number of nitrogens with one attached hydrogen (secondary N) is 4. The summed E-state index contributed by atoms with van der Waals surface area (Å²) >= 11 is 17.7. The predicted octanol–water partition coefficient (Wildman–Crippen LogP) is 5.69. The second-order valence-corrected chi connectivity index (χ2v) is 8.79. The first-order valence-electron chi connectivity index (χ1n) is 10.1. The number of hydrazine groups is 1. The summed E-state index contributed by atoms with van der Waals surface area (Å²) in [5, 5.41) is 6.60. The van der Waals surface area contributed by atoms with Crippen LogP contribution in [0.15, 0.2) is 65.7 Å². The smallest absolute Gasteiger partial charge is 0.280 e. The van der Waals surface area contributed by atoms with Crippen LogP contribution in [0, 0.1) is 11.6 Å². The van der Waals surface area contributed by atoms with Crippen molar-refractivity contribution in [1.82, 2.24) is 16.2 Å². The molecule has 0 aromatic heterocycles. The molecule has 2 unspecified atom stereocenters. The van der Waals surface area contributed by atoms with Gasteiger partial charge in [-0.25, -0.2) is 19.6 Å². The van der Waals surface area contributed by atoms with E-state index in [1.54, 1.807) is 6.07 Å². The van der Waals surface area contributed by atoms with Gasteiger partial charge in [-0.15, -0.1) is 0 Å². The normalized spacial score (nSPS) is 18.1. The lowest BCUT2D eigenvalue weighted by molar-refractivity contribution is 0.100. The Balaban J connectivity index is 1.56. The molecule has 11 heteroatoms. The van der Waals surface area contributed by atoms with Gasteiger partial charge in [-0.1, -0.05) is 46.9 Å². The number of amides is 1. The largest absolute Gasteiger partial charge is 0.339 e. The lowest BCUT2D eigenvalue weighted by atomic mass is 10.0. The molecule has 1 aliphatic rings. The molecule has 0 spiro atoms. The molecular formula is C23H18Cl3F2N5O. The zero-order chi connectivity index (χ0) is 24.2. The van der Waals surface area contributed by atoms with E-state index < -0.39 is 17.5 Å². The molecule has 1 fully saturated rings. The molecule has 1 aliphatic heterocycles. The summed E-state index contributed by atoms with van der Waals surface area (Å²) in [6.07, 6.45) is 0.198. The monoisotopic (exact) mass is 523 g/mol. The van der Waals surface area contributed by atoms with Crippen molar-refractivity contribution in [3.63, 3.8) is 0 Å². The van der Waals surface area contributed by atoms with Crippen molar-refractivity contribution in [2.45, 2.75) is 18.6 Å². The van der Waals surface area contributed by atoms with Crippen LogP contribution in [0.25, 0.3) is 0 Å². The molecule has 1 heterocycles. The van der Waals surface area contributed by atoms with Crippen molar-refractivity contribution >= 4 is 52.4 Å². The first-order chi connectivity index (χ1) is 16.3. The summed E-state index contributed by atoms with van der Waals surface area (Å²) in [6.45, 7) is 0. The number of hydrogen-bond donors (Lipinski definition) is 4. The number of nitrogens with zero attached hydrogens (tertiary/aromatic N) is 1. The van der Waals surface area contributed by atoms with Gasteiger partial charge in [0.05, 0.1) is 11.2 Å². The average Bonchev–Trinajstić information content (AvgIpc) is 3.23. The van der Waals surface area contributed by atoms with Gasteiger partial charge >= 0.3 is 0 Å². The van der Waals surface area contributed by atoms with Gasteiger partial charge < -0.3 is 10.6 Å². The van der Waals surface area contributed by atoms with Crippen molar-refractivity contribution in [2.75, 3.05) is 5.32 Å². The number of halogens is 5.